The molecular weight excluding hydrogens is 270 g/mol. The molecule has 1 aromatic heterocycles. The third-order valence-corrected chi connectivity index (χ3v) is 5.61. The van der Waals surface area contributed by atoms with Gasteiger partial charge in [0.05, 0.1) is 0 Å². The molecule has 0 amide bonds. The number of hydrogen-bond acceptors (Lipinski definition) is 3. The van der Waals surface area contributed by atoms with Crippen molar-refractivity contribution >= 4 is 5.82 Å². The molecule has 2 saturated carbocycles. The maximum absolute atomic E-state index is 4.77. The molecular formula is C19H21N3. The minimum Gasteiger partial charge on any atom is -0.355 e. The van der Waals surface area contributed by atoms with Gasteiger partial charge in [0.2, 0.25) is 0 Å². The van der Waals surface area contributed by atoms with Gasteiger partial charge in [0.25, 0.3) is 0 Å². The van der Waals surface area contributed by atoms with Crippen LogP contribution in [0.15, 0.2) is 42.6 Å². The van der Waals surface area contributed by atoms with E-state index in [2.05, 4.69) is 46.3 Å². The van der Waals surface area contributed by atoms with Crippen molar-refractivity contribution in [3.63, 3.8) is 0 Å². The molecule has 3 aliphatic rings. The molecule has 0 atom stereocenters. The summed E-state index contributed by atoms with van der Waals surface area (Å²) in [5.41, 5.74) is 2.08. The molecule has 0 unspecified atom stereocenters. The van der Waals surface area contributed by atoms with Crippen LogP contribution in [-0.4, -0.2) is 23.1 Å². The standard InChI is InChI=1S/C19H21N3/c1-2-4-14(5-3-1)16-10-19(11-16)12-22(13-19)17-8-9-20-18(21-17)15-6-7-15/h1-5,8-9,15-16H,6-7,10-13H2. The van der Waals surface area contributed by atoms with Crippen molar-refractivity contribution in [1.82, 2.24) is 9.97 Å². The van der Waals surface area contributed by atoms with E-state index in [-0.39, 0.29) is 0 Å². The molecule has 1 spiro atoms. The Morgan fingerprint density at radius 1 is 0.955 bits per heavy atom. The van der Waals surface area contributed by atoms with Crippen molar-refractivity contribution in [1.29, 1.82) is 0 Å². The van der Waals surface area contributed by atoms with Crippen molar-refractivity contribution in [2.24, 2.45) is 5.41 Å². The van der Waals surface area contributed by atoms with Crippen LogP contribution < -0.4 is 4.90 Å². The summed E-state index contributed by atoms with van der Waals surface area (Å²) in [6.07, 6.45) is 7.16. The van der Waals surface area contributed by atoms with E-state index in [4.69, 9.17) is 4.98 Å². The fraction of sp³-hybridized carbons (Fsp3) is 0.474. The first-order chi connectivity index (χ1) is 10.8. The van der Waals surface area contributed by atoms with Crippen LogP contribution in [0.25, 0.3) is 0 Å². The highest BCUT2D eigenvalue weighted by Gasteiger charge is 2.52. The van der Waals surface area contributed by atoms with Gasteiger partial charge in [0.1, 0.15) is 11.6 Å². The summed E-state index contributed by atoms with van der Waals surface area (Å²) in [6, 6.07) is 13.1. The quantitative estimate of drug-likeness (QED) is 0.862. The van der Waals surface area contributed by atoms with Gasteiger partial charge < -0.3 is 4.90 Å². The van der Waals surface area contributed by atoms with Crippen LogP contribution in [0.1, 0.15) is 48.9 Å². The molecule has 1 aromatic carbocycles. The summed E-state index contributed by atoms with van der Waals surface area (Å²) in [7, 11) is 0. The van der Waals surface area contributed by atoms with Crippen LogP contribution in [-0.2, 0) is 0 Å². The zero-order valence-corrected chi connectivity index (χ0v) is 12.8. The number of benzene rings is 1. The van der Waals surface area contributed by atoms with E-state index in [0.717, 1.165) is 17.6 Å². The van der Waals surface area contributed by atoms with E-state index in [1.54, 1.807) is 0 Å². The van der Waals surface area contributed by atoms with Crippen molar-refractivity contribution in [2.45, 2.75) is 37.5 Å². The molecule has 1 saturated heterocycles. The Morgan fingerprint density at radius 3 is 2.45 bits per heavy atom. The minimum absolute atomic E-state index is 0.561. The summed E-state index contributed by atoms with van der Waals surface area (Å²) >= 11 is 0. The Labute approximate surface area is 131 Å². The number of rotatable bonds is 3. The molecule has 3 fully saturated rings. The monoisotopic (exact) mass is 291 g/mol. The van der Waals surface area contributed by atoms with Gasteiger partial charge in [-0.25, -0.2) is 9.97 Å². The van der Waals surface area contributed by atoms with Gasteiger partial charge in [-0.15, -0.1) is 0 Å². The van der Waals surface area contributed by atoms with Crippen LogP contribution in [0.3, 0.4) is 0 Å². The highest BCUT2D eigenvalue weighted by molar-refractivity contribution is 5.44. The fourth-order valence-electron chi connectivity index (χ4n) is 4.21. The first kappa shape index (κ1) is 12.6. The number of hydrogen-bond donors (Lipinski definition) is 0. The van der Waals surface area contributed by atoms with Gasteiger partial charge >= 0.3 is 0 Å². The maximum atomic E-state index is 4.77. The second-order valence-electron chi connectivity index (χ2n) is 7.42. The summed E-state index contributed by atoms with van der Waals surface area (Å²) < 4.78 is 0. The summed E-state index contributed by atoms with van der Waals surface area (Å²) in [5, 5.41) is 0. The summed E-state index contributed by atoms with van der Waals surface area (Å²) in [5.74, 6) is 3.62. The van der Waals surface area contributed by atoms with Gasteiger partial charge in [-0.1, -0.05) is 30.3 Å². The molecule has 0 N–H and O–H groups in total. The molecule has 1 aliphatic heterocycles. The third kappa shape index (κ3) is 2.03. The summed E-state index contributed by atoms with van der Waals surface area (Å²) in [4.78, 5) is 11.6. The van der Waals surface area contributed by atoms with Gasteiger partial charge in [-0.3, -0.25) is 0 Å². The predicted molar refractivity (Wildman–Crippen MR) is 87.1 cm³/mol. The van der Waals surface area contributed by atoms with Crippen LogP contribution >= 0.6 is 0 Å². The lowest BCUT2D eigenvalue weighted by molar-refractivity contribution is 0.0627. The van der Waals surface area contributed by atoms with Crippen LogP contribution in [0.2, 0.25) is 0 Å². The molecule has 112 valence electrons. The van der Waals surface area contributed by atoms with Crippen molar-refractivity contribution in [2.75, 3.05) is 18.0 Å². The van der Waals surface area contributed by atoms with Gasteiger partial charge in [-0.05, 0) is 43.2 Å². The van der Waals surface area contributed by atoms with E-state index in [1.165, 1.54) is 44.3 Å². The highest BCUT2D eigenvalue weighted by Crippen LogP contribution is 2.56. The number of nitrogens with zero attached hydrogens (tertiary/aromatic N) is 3. The zero-order valence-electron chi connectivity index (χ0n) is 12.8. The smallest absolute Gasteiger partial charge is 0.133 e. The second-order valence-corrected chi connectivity index (χ2v) is 7.42. The highest BCUT2D eigenvalue weighted by atomic mass is 15.3. The van der Waals surface area contributed by atoms with Crippen molar-refractivity contribution < 1.29 is 0 Å². The number of aromatic nitrogens is 2. The first-order valence-electron chi connectivity index (χ1n) is 8.44. The van der Waals surface area contributed by atoms with E-state index >= 15 is 0 Å². The largest absolute Gasteiger partial charge is 0.355 e. The fourth-order valence-corrected chi connectivity index (χ4v) is 4.21. The normalized spacial score (nSPS) is 23.2. The molecule has 2 aromatic rings. The molecule has 2 aliphatic carbocycles. The van der Waals surface area contributed by atoms with Crippen LogP contribution in [0.4, 0.5) is 5.82 Å². The molecule has 22 heavy (non-hydrogen) atoms. The van der Waals surface area contributed by atoms with Gasteiger partial charge in [-0.2, -0.15) is 0 Å². The van der Waals surface area contributed by atoms with Gasteiger partial charge in [0, 0.05) is 30.6 Å². The third-order valence-electron chi connectivity index (χ3n) is 5.61. The molecule has 2 heterocycles. The van der Waals surface area contributed by atoms with E-state index in [9.17, 15) is 0 Å². The first-order valence-corrected chi connectivity index (χ1v) is 8.44. The van der Waals surface area contributed by atoms with Gasteiger partial charge in [0.15, 0.2) is 0 Å². The Morgan fingerprint density at radius 2 is 1.73 bits per heavy atom. The van der Waals surface area contributed by atoms with E-state index in [0.29, 0.717) is 11.3 Å². The Bertz CT molecular complexity index is 679. The lowest BCUT2D eigenvalue weighted by Gasteiger charge is -2.59. The van der Waals surface area contributed by atoms with Crippen molar-refractivity contribution in [3.05, 3.63) is 54.0 Å². The average molecular weight is 291 g/mol. The Kier molecular flexibility index (Phi) is 2.61. The Balaban J connectivity index is 1.23. The topological polar surface area (TPSA) is 29.0 Å². The SMILES string of the molecule is c1ccc(C2CC3(C2)CN(c2ccnc(C4CC4)n2)C3)cc1. The average Bonchev–Trinajstić information content (AvgIpc) is 3.30. The van der Waals surface area contributed by atoms with E-state index in [1.807, 2.05) is 6.20 Å². The molecule has 0 bridgehead atoms. The molecule has 5 rings (SSSR count). The van der Waals surface area contributed by atoms with Crippen LogP contribution in [0.5, 0.6) is 0 Å². The lowest BCUT2D eigenvalue weighted by Crippen LogP contribution is -2.62. The maximum Gasteiger partial charge on any atom is 0.133 e. The zero-order chi connectivity index (χ0) is 14.6. The predicted octanol–water partition coefficient (Wildman–Crippen LogP) is 3.74. The summed E-state index contributed by atoms with van der Waals surface area (Å²) in [6.45, 7) is 2.36. The molecule has 3 nitrogen and oxygen atoms in total. The molecule has 0 radical (unpaired) electrons. The van der Waals surface area contributed by atoms with E-state index < -0.39 is 0 Å². The lowest BCUT2D eigenvalue weighted by atomic mass is 9.56. The Hall–Kier alpha value is -1.90. The number of anilines is 1. The second kappa shape index (κ2) is 4.55. The van der Waals surface area contributed by atoms with Crippen molar-refractivity contribution in [3.8, 4) is 0 Å². The molecule has 3 heteroatoms. The minimum atomic E-state index is 0.561. The van der Waals surface area contributed by atoms with Crippen LogP contribution in [0, 0.1) is 5.41 Å².